The zero-order valence-electron chi connectivity index (χ0n) is 23.3. The fraction of sp³-hybridized carbons (Fsp3) is 0.355. The smallest absolute Gasteiger partial charge is 0.411 e. The van der Waals surface area contributed by atoms with Crippen molar-refractivity contribution in [2.75, 3.05) is 44.9 Å². The SMILES string of the molecule is COc1cc(NC(=O)CCc2ccc(NC(=O)OC3CC[N+](C)(C)CC3)c(-c3ccccc3)c2)ccc1C[O-].I. The van der Waals surface area contributed by atoms with Gasteiger partial charge in [-0.1, -0.05) is 42.5 Å². The lowest BCUT2D eigenvalue weighted by Gasteiger charge is -2.36. The number of quaternary nitrogens is 1. The van der Waals surface area contributed by atoms with Crippen LogP contribution in [0.15, 0.2) is 66.7 Å². The quantitative estimate of drug-likeness (QED) is 0.243. The van der Waals surface area contributed by atoms with Gasteiger partial charge in [0.05, 0.1) is 40.0 Å². The van der Waals surface area contributed by atoms with Gasteiger partial charge in [0.25, 0.3) is 0 Å². The Morgan fingerprint density at radius 1 is 0.975 bits per heavy atom. The molecule has 1 fully saturated rings. The van der Waals surface area contributed by atoms with Crippen LogP contribution in [0, 0.1) is 0 Å². The van der Waals surface area contributed by atoms with Gasteiger partial charge in [-0.05, 0) is 41.3 Å². The summed E-state index contributed by atoms with van der Waals surface area (Å²) in [5, 5.41) is 17.0. The van der Waals surface area contributed by atoms with Crippen LogP contribution in [0.25, 0.3) is 11.1 Å². The first-order valence-electron chi connectivity index (χ1n) is 13.3. The molecule has 0 aromatic heterocycles. The number of halogens is 1. The molecule has 40 heavy (non-hydrogen) atoms. The first-order valence-corrected chi connectivity index (χ1v) is 13.3. The minimum Gasteiger partial charge on any atom is -0.851 e. The number of methoxy groups -OCH3 is 1. The number of ether oxygens (including phenoxy) is 2. The summed E-state index contributed by atoms with van der Waals surface area (Å²) in [5.41, 5.74) is 4.58. The van der Waals surface area contributed by atoms with Crippen LogP contribution >= 0.6 is 24.0 Å². The molecule has 3 aromatic carbocycles. The fourth-order valence-electron chi connectivity index (χ4n) is 4.79. The van der Waals surface area contributed by atoms with Crippen molar-refractivity contribution in [2.24, 2.45) is 0 Å². The third-order valence-electron chi connectivity index (χ3n) is 7.16. The van der Waals surface area contributed by atoms with Crippen molar-refractivity contribution in [2.45, 2.75) is 38.4 Å². The molecular formula is C31H38IN3O5. The molecule has 0 atom stereocenters. The summed E-state index contributed by atoms with van der Waals surface area (Å²) in [6.45, 7) is 1.57. The van der Waals surface area contributed by atoms with E-state index >= 15 is 0 Å². The molecule has 3 aromatic rings. The van der Waals surface area contributed by atoms with Crippen LogP contribution in [0.3, 0.4) is 0 Å². The maximum atomic E-state index is 12.8. The molecule has 0 bridgehead atoms. The van der Waals surface area contributed by atoms with E-state index < -0.39 is 6.09 Å². The van der Waals surface area contributed by atoms with E-state index in [4.69, 9.17) is 9.47 Å². The summed E-state index contributed by atoms with van der Waals surface area (Å²) < 4.78 is 11.9. The number of hydrogen-bond donors (Lipinski definition) is 2. The van der Waals surface area contributed by atoms with Crippen molar-refractivity contribution < 1.29 is 28.7 Å². The lowest BCUT2D eigenvalue weighted by molar-refractivity contribution is -0.896. The van der Waals surface area contributed by atoms with Gasteiger partial charge in [-0.15, -0.1) is 30.6 Å². The average Bonchev–Trinajstić information content (AvgIpc) is 2.94. The number of amides is 2. The summed E-state index contributed by atoms with van der Waals surface area (Å²) >= 11 is 0. The molecule has 0 radical (unpaired) electrons. The molecule has 4 rings (SSSR count). The van der Waals surface area contributed by atoms with E-state index in [1.54, 1.807) is 18.2 Å². The molecule has 0 saturated carbocycles. The first-order chi connectivity index (χ1) is 18.8. The van der Waals surface area contributed by atoms with Crippen molar-refractivity contribution in [1.82, 2.24) is 0 Å². The number of likely N-dealkylation sites (tertiary alicyclic amines) is 1. The molecular weight excluding hydrogens is 621 g/mol. The number of carbonyl (C=O) groups is 2. The van der Waals surface area contributed by atoms with Crippen LogP contribution in [-0.2, 0) is 22.6 Å². The van der Waals surface area contributed by atoms with Gasteiger partial charge in [0.2, 0.25) is 5.91 Å². The number of benzene rings is 3. The fourth-order valence-corrected chi connectivity index (χ4v) is 4.79. The number of carbonyl (C=O) groups excluding carboxylic acids is 2. The predicted octanol–water partition coefficient (Wildman–Crippen LogP) is 5.20. The van der Waals surface area contributed by atoms with Gasteiger partial charge >= 0.3 is 6.09 Å². The van der Waals surface area contributed by atoms with Gasteiger partial charge in [-0.25, -0.2) is 4.79 Å². The summed E-state index contributed by atoms with van der Waals surface area (Å²) in [7, 11) is 5.88. The number of anilines is 2. The van der Waals surface area contributed by atoms with Crippen molar-refractivity contribution in [3.8, 4) is 16.9 Å². The van der Waals surface area contributed by atoms with Crippen LogP contribution in [0.5, 0.6) is 5.75 Å². The third-order valence-corrected chi connectivity index (χ3v) is 7.16. The van der Waals surface area contributed by atoms with Gasteiger partial charge in [0.1, 0.15) is 11.9 Å². The summed E-state index contributed by atoms with van der Waals surface area (Å²) in [5.74, 6) is 0.316. The Hall–Kier alpha value is -3.15. The highest BCUT2D eigenvalue weighted by atomic mass is 127. The zero-order valence-corrected chi connectivity index (χ0v) is 25.6. The van der Waals surface area contributed by atoms with Gasteiger partial charge < -0.3 is 24.4 Å². The second-order valence-electron chi connectivity index (χ2n) is 10.6. The molecule has 1 saturated heterocycles. The lowest BCUT2D eigenvalue weighted by Crippen LogP contribution is -2.48. The van der Waals surface area contributed by atoms with Gasteiger partial charge in [-0.3, -0.25) is 10.1 Å². The van der Waals surface area contributed by atoms with Crippen molar-refractivity contribution in [1.29, 1.82) is 0 Å². The second kappa shape index (κ2) is 14.5. The van der Waals surface area contributed by atoms with Crippen LogP contribution in [0.2, 0.25) is 0 Å². The van der Waals surface area contributed by atoms with Crippen LogP contribution in [0.4, 0.5) is 16.2 Å². The third kappa shape index (κ3) is 8.67. The molecule has 1 heterocycles. The predicted molar refractivity (Wildman–Crippen MR) is 166 cm³/mol. The molecule has 0 unspecified atom stereocenters. The maximum Gasteiger partial charge on any atom is 0.411 e. The van der Waals surface area contributed by atoms with Gasteiger partial charge in [0, 0.05) is 36.6 Å². The first kappa shape index (κ1) is 31.4. The largest absolute Gasteiger partial charge is 0.851 e. The van der Waals surface area contributed by atoms with E-state index in [1.807, 2.05) is 48.5 Å². The Labute approximate surface area is 253 Å². The van der Waals surface area contributed by atoms with E-state index in [2.05, 4.69) is 24.7 Å². The Balaban J connectivity index is 0.00000441. The topological polar surface area (TPSA) is 99.7 Å². The molecule has 1 aliphatic heterocycles. The Morgan fingerprint density at radius 3 is 2.38 bits per heavy atom. The van der Waals surface area contributed by atoms with Gasteiger partial charge in [-0.2, -0.15) is 0 Å². The van der Waals surface area contributed by atoms with Crippen LogP contribution in [0.1, 0.15) is 30.4 Å². The molecule has 0 spiro atoms. The minimum atomic E-state index is -0.449. The number of nitrogens with zero attached hydrogens (tertiary/aromatic N) is 1. The standard InChI is InChI=1S/C31H37N3O5.HI/c1-34(2)17-15-26(16-18-34)39-31(37)33-28-13-9-22(19-27(28)23-7-5-4-6-8-23)10-14-30(36)32-25-12-11-24(21-35)29(20-25)38-3;/h4-9,11-13,19-20,26H,10,14-18,21H2,1-3H3,(H,32,36)(H,33,37);1H. The van der Waals surface area contributed by atoms with Crippen molar-refractivity contribution in [3.63, 3.8) is 0 Å². The Bertz CT molecular complexity index is 1290. The van der Waals surface area contributed by atoms with Crippen molar-refractivity contribution in [3.05, 3.63) is 77.9 Å². The van der Waals surface area contributed by atoms with E-state index in [1.165, 1.54) is 7.11 Å². The highest BCUT2D eigenvalue weighted by Crippen LogP contribution is 2.30. The molecule has 2 amide bonds. The lowest BCUT2D eigenvalue weighted by atomic mass is 9.99. The molecule has 1 aliphatic rings. The normalized spacial score (nSPS) is 14.5. The molecule has 214 valence electrons. The number of nitrogens with one attached hydrogen (secondary N) is 2. The van der Waals surface area contributed by atoms with Crippen LogP contribution < -0.4 is 20.5 Å². The number of hydrogen-bond acceptors (Lipinski definition) is 5. The molecule has 8 nitrogen and oxygen atoms in total. The minimum absolute atomic E-state index is 0. The average molecular weight is 660 g/mol. The van der Waals surface area contributed by atoms with E-state index in [0.29, 0.717) is 29.1 Å². The maximum absolute atomic E-state index is 12.8. The highest BCUT2D eigenvalue weighted by molar-refractivity contribution is 14.0. The number of rotatable bonds is 9. The van der Waals surface area contributed by atoms with E-state index in [0.717, 1.165) is 47.1 Å². The van der Waals surface area contributed by atoms with Crippen molar-refractivity contribution >= 4 is 47.4 Å². The Morgan fingerprint density at radius 2 is 1.70 bits per heavy atom. The summed E-state index contributed by atoms with van der Waals surface area (Å²) in [4.78, 5) is 25.4. The summed E-state index contributed by atoms with van der Waals surface area (Å²) in [6.07, 6.45) is 1.96. The highest BCUT2D eigenvalue weighted by Gasteiger charge is 2.28. The van der Waals surface area contributed by atoms with E-state index in [9.17, 15) is 14.7 Å². The monoisotopic (exact) mass is 659 g/mol. The second-order valence-corrected chi connectivity index (χ2v) is 10.6. The number of aryl methyl sites for hydroxylation is 1. The number of piperidine rings is 1. The molecule has 2 N–H and O–H groups in total. The van der Waals surface area contributed by atoms with Crippen LogP contribution in [-0.4, -0.2) is 56.9 Å². The van der Waals surface area contributed by atoms with E-state index in [-0.39, 0.29) is 49.0 Å². The molecule has 9 heteroatoms. The van der Waals surface area contributed by atoms with Gasteiger partial charge in [0.15, 0.2) is 0 Å². The molecule has 0 aliphatic carbocycles. The zero-order chi connectivity index (χ0) is 27.8. The Kier molecular flexibility index (Phi) is 11.4. The summed E-state index contributed by atoms with van der Waals surface area (Å²) in [6, 6.07) is 20.6.